The van der Waals surface area contributed by atoms with Crippen LogP contribution in [0.4, 0.5) is 20.4 Å². The molecule has 9 nitrogen and oxygen atoms in total. The van der Waals surface area contributed by atoms with Crippen molar-refractivity contribution in [2.45, 2.75) is 25.9 Å². The van der Waals surface area contributed by atoms with Crippen molar-refractivity contribution >= 4 is 11.6 Å². The van der Waals surface area contributed by atoms with Crippen LogP contribution in [0.2, 0.25) is 0 Å². The van der Waals surface area contributed by atoms with Gasteiger partial charge >= 0.3 is 0 Å². The Kier molecular flexibility index (Phi) is 8.09. The lowest BCUT2D eigenvalue weighted by molar-refractivity contribution is -0.216. The van der Waals surface area contributed by atoms with Gasteiger partial charge in [-0.1, -0.05) is 30.3 Å². The SMILES string of the molecule is COc1cc(C)c(F)c(COc2cnc(Nc3ccc(OC4COC(c5ccccc5)OC4)nc3)nc2)c1F. The van der Waals surface area contributed by atoms with Crippen molar-refractivity contribution < 1.29 is 32.5 Å². The minimum Gasteiger partial charge on any atom is -0.494 e. The molecule has 0 bridgehead atoms. The molecular weight excluding hydrogens is 510 g/mol. The first-order valence-electron chi connectivity index (χ1n) is 12.1. The molecule has 1 N–H and O–H groups in total. The van der Waals surface area contributed by atoms with Crippen LogP contribution in [0.1, 0.15) is 23.0 Å². The molecule has 1 aliphatic heterocycles. The molecule has 0 spiro atoms. The Balaban J connectivity index is 1.11. The van der Waals surface area contributed by atoms with E-state index < -0.39 is 17.9 Å². The molecule has 1 aliphatic rings. The van der Waals surface area contributed by atoms with Crippen molar-refractivity contribution in [1.29, 1.82) is 0 Å². The molecule has 0 radical (unpaired) electrons. The number of aryl methyl sites for hydroxylation is 1. The summed E-state index contributed by atoms with van der Waals surface area (Å²) in [6, 6.07) is 14.5. The van der Waals surface area contributed by atoms with E-state index in [4.69, 9.17) is 23.7 Å². The molecule has 202 valence electrons. The number of nitrogens with one attached hydrogen (secondary N) is 1. The lowest BCUT2D eigenvalue weighted by Gasteiger charge is -2.29. The Morgan fingerprint density at radius 2 is 1.69 bits per heavy atom. The summed E-state index contributed by atoms with van der Waals surface area (Å²) in [5.41, 5.74) is 1.61. The highest BCUT2D eigenvalue weighted by molar-refractivity contribution is 5.52. The summed E-state index contributed by atoms with van der Waals surface area (Å²) in [6.07, 6.45) is 3.69. The van der Waals surface area contributed by atoms with Gasteiger partial charge in [0, 0.05) is 11.6 Å². The second kappa shape index (κ2) is 12.0. The van der Waals surface area contributed by atoms with Crippen molar-refractivity contribution in [2.24, 2.45) is 0 Å². The zero-order valence-electron chi connectivity index (χ0n) is 21.3. The van der Waals surface area contributed by atoms with E-state index in [2.05, 4.69) is 20.3 Å². The molecule has 1 saturated heterocycles. The summed E-state index contributed by atoms with van der Waals surface area (Å²) < 4.78 is 56.7. The maximum Gasteiger partial charge on any atom is 0.227 e. The van der Waals surface area contributed by atoms with Crippen LogP contribution in [0, 0.1) is 18.6 Å². The fraction of sp³-hybridized carbons (Fsp3) is 0.250. The molecule has 0 saturated carbocycles. The van der Waals surface area contributed by atoms with Crippen LogP contribution in [-0.2, 0) is 16.1 Å². The molecule has 1 fully saturated rings. The summed E-state index contributed by atoms with van der Waals surface area (Å²) in [6.45, 7) is 1.93. The monoisotopic (exact) mass is 536 g/mol. The van der Waals surface area contributed by atoms with Crippen molar-refractivity contribution in [2.75, 3.05) is 25.6 Å². The Labute approximate surface area is 223 Å². The van der Waals surface area contributed by atoms with Gasteiger partial charge in [0.25, 0.3) is 0 Å². The molecular formula is C28H26F2N4O5. The first-order chi connectivity index (χ1) is 19.0. The highest BCUT2D eigenvalue weighted by Crippen LogP contribution is 2.28. The smallest absolute Gasteiger partial charge is 0.227 e. The number of ether oxygens (including phenoxy) is 5. The standard InChI is InChI=1S/C28H26F2N4O5/c1-17-10-23(35-2)26(30)22(25(17)29)16-36-20-12-32-28(33-13-20)34-19-8-9-24(31-11-19)39-21-14-37-27(38-15-21)18-6-4-3-5-7-18/h3-13,21,27H,14-16H2,1-2H3,(H,32,33,34). The first-order valence-corrected chi connectivity index (χ1v) is 12.1. The fourth-order valence-corrected chi connectivity index (χ4v) is 3.87. The number of anilines is 2. The number of nitrogens with zero attached hydrogens (tertiary/aromatic N) is 3. The molecule has 5 rings (SSSR count). The summed E-state index contributed by atoms with van der Waals surface area (Å²) in [4.78, 5) is 12.7. The zero-order valence-corrected chi connectivity index (χ0v) is 21.3. The van der Waals surface area contributed by atoms with Crippen LogP contribution in [0.5, 0.6) is 17.4 Å². The molecule has 2 aromatic carbocycles. The van der Waals surface area contributed by atoms with Crippen LogP contribution < -0.4 is 19.5 Å². The number of rotatable bonds is 9. The van der Waals surface area contributed by atoms with Gasteiger partial charge in [-0.05, 0) is 24.6 Å². The van der Waals surface area contributed by atoms with Gasteiger partial charge < -0.3 is 29.0 Å². The number of hydrogen-bond acceptors (Lipinski definition) is 9. The summed E-state index contributed by atoms with van der Waals surface area (Å²) in [7, 11) is 1.32. The second-order valence-electron chi connectivity index (χ2n) is 8.69. The molecule has 0 aliphatic carbocycles. The highest BCUT2D eigenvalue weighted by Gasteiger charge is 2.25. The van der Waals surface area contributed by atoms with Crippen LogP contribution in [-0.4, -0.2) is 41.4 Å². The average Bonchev–Trinajstić information content (AvgIpc) is 2.97. The largest absolute Gasteiger partial charge is 0.494 e. The highest BCUT2D eigenvalue weighted by atomic mass is 19.1. The van der Waals surface area contributed by atoms with Crippen LogP contribution >= 0.6 is 0 Å². The van der Waals surface area contributed by atoms with Crippen molar-refractivity contribution in [3.63, 3.8) is 0 Å². The molecule has 0 unspecified atom stereocenters. The molecule has 4 aromatic rings. The number of benzene rings is 2. The minimum atomic E-state index is -0.806. The van der Waals surface area contributed by atoms with E-state index in [1.54, 1.807) is 18.3 Å². The van der Waals surface area contributed by atoms with Gasteiger partial charge in [-0.2, -0.15) is 0 Å². The minimum absolute atomic E-state index is 0.0505. The Morgan fingerprint density at radius 3 is 2.36 bits per heavy atom. The van der Waals surface area contributed by atoms with E-state index in [0.29, 0.717) is 24.8 Å². The van der Waals surface area contributed by atoms with Gasteiger partial charge in [0.15, 0.2) is 23.6 Å². The average molecular weight is 537 g/mol. The molecule has 39 heavy (non-hydrogen) atoms. The quantitative estimate of drug-likeness (QED) is 0.306. The number of halogens is 2. The Bertz CT molecular complexity index is 1380. The summed E-state index contributed by atoms with van der Waals surface area (Å²) >= 11 is 0. The molecule has 0 amide bonds. The van der Waals surface area contributed by atoms with Crippen LogP contribution in [0.3, 0.4) is 0 Å². The van der Waals surface area contributed by atoms with Gasteiger partial charge in [0.05, 0.1) is 50.2 Å². The Hall–Kier alpha value is -4.35. The third-order valence-electron chi connectivity index (χ3n) is 5.89. The van der Waals surface area contributed by atoms with Gasteiger partial charge in [-0.15, -0.1) is 0 Å². The van der Waals surface area contributed by atoms with Gasteiger partial charge in [0.2, 0.25) is 11.8 Å². The van der Waals surface area contributed by atoms with Gasteiger partial charge in [0.1, 0.15) is 18.5 Å². The van der Waals surface area contributed by atoms with E-state index in [9.17, 15) is 8.78 Å². The van der Waals surface area contributed by atoms with Crippen molar-refractivity contribution in [1.82, 2.24) is 15.0 Å². The zero-order chi connectivity index (χ0) is 27.2. The predicted molar refractivity (Wildman–Crippen MR) is 137 cm³/mol. The van der Waals surface area contributed by atoms with Crippen LogP contribution in [0.25, 0.3) is 0 Å². The predicted octanol–water partition coefficient (Wildman–Crippen LogP) is 5.28. The van der Waals surface area contributed by atoms with Crippen LogP contribution in [0.15, 0.2) is 67.1 Å². The number of aromatic nitrogens is 3. The topological polar surface area (TPSA) is 96.9 Å². The molecule has 11 heteroatoms. The van der Waals surface area contributed by atoms with E-state index >= 15 is 0 Å². The Morgan fingerprint density at radius 1 is 0.949 bits per heavy atom. The van der Waals surface area contributed by atoms with E-state index in [1.807, 2.05) is 30.3 Å². The van der Waals surface area contributed by atoms with E-state index in [-0.39, 0.29) is 41.3 Å². The third kappa shape index (κ3) is 6.39. The molecule has 3 heterocycles. The summed E-state index contributed by atoms with van der Waals surface area (Å²) in [5, 5.41) is 3.02. The number of pyridine rings is 1. The van der Waals surface area contributed by atoms with Gasteiger partial charge in [-0.3, -0.25) is 0 Å². The number of hydrogen-bond donors (Lipinski definition) is 1. The first kappa shape index (κ1) is 26.3. The second-order valence-corrected chi connectivity index (χ2v) is 8.69. The van der Waals surface area contributed by atoms with E-state index in [0.717, 1.165) is 5.56 Å². The molecule has 0 atom stereocenters. The maximum absolute atomic E-state index is 14.4. The maximum atomic E-state index is 14.4. The number of methoxy groups -OCH3 is 1. The normalized spacial score (nSPS) is 16.9. The van der Waals surface area contributed by atoms with Crippen molar-refractivity contribution in [3.05, 3.63) is 95.4 Å². The fourth-order valence-electron chi connectivity index (χ4n) is 3.87. The molecule has 2 aromatic heterocycles. The van der Waals surface area contributed by atoms with E-state index in [1.165, 1.54) is 32.5 Å². The van der Waals surface area contributed by atoms with Gasteiger partial charge in [-0.25, -0.2) is 23.7 Å². The lowest BCUT2D eigenvalue weighted by atomic mass is 10.1. The van der Waals surface area contributed by atoms with Crippen molar-refractivity contribution in [3.8, 4) is 17.4 Å². The summed E-state index contributed by atoms with van der Waals surface area (Å²) in [5.74, 6) is -0.591. The third-order valence-corrected chi connectivity index (χ3v) is 5.89. The lowest BCUT2D eigenvalue weighted by Crippen LogP contribution is -2.35.